The number of fused-ring (bicyclic) bond motifs is 1. The molecule has 0 atom stereocenters. The molecule has 10 nitrogen and oxygen atoms in total. The first-order valence-corrected chi connectivity index (χ1v) is 17.3. The number of aromatic nitrogens is 3. The molecule has 2 heterocycles. The monoisotopic (exact) mass is 632 g/mol. The second-order valence-corrected chi connectivity index (χ2v) is 12.9. The fourth-order valence-corrected chi connectivity index (χ4v) is 6.22. The van der Waals surface area contributed by atoms with Crippen LogP contribution >= 0.6 is 0 Å². The first-order valence-electron chi connectivity index (χ1n) is 15.8. The molecule has 4 aromatic rings. The fourth-order valence-electron chi connectivity index (χ4n) is 5.06. The van der Waals surface area contributed by atoms with Gasteiger partial charge >= 0.3 is 6.03 Å². The Morgan fingerprint density at radius 2 is 1.60 bits per heavy atom. The van der Waals surface area contributed by atoms with E-state index in [-0.39, 0.29) is 10.8 Å². The second kappa shape index (κ2) is 15.7. The molecule has 0 saturated heterocycles. The fraction of sp³-hybridized carbons (Fsp3) is 0.412. The number of nitrogens with one attached hydrogen (secondary N) is 3. The zero-order valence-electron chi connectivity index (χ0n) is 26.7. The Bertz CT molecular complexity index is 1730. The number of benzene rings is 2. The van der Waals surface area contributed by atoms with Crippen LogP contribution in [0.2, 0.25) is 0 Å². The van der Waals surface area contributed by atoms with E-state index < -0.39 is 16.1 Å². The quantitative estimate of drug-likeness (QED) is 0.125. The first-order chi connectivity index (χ1) is 21.7. The molecule has 3 N–H and O–H groups in total. The minimum absolute atomic E-state index is 0.0211. The Labute approximate surface area is 266 Å². The number of carbonyl (C=O) groups excluding carboxylic acids is 2. The van der Waals surface area contributed by atoms with Gasteiger partial charge in [-0.15, -0.1) is 0 Å². The van der Waals surface area contributed by atoms with E-state index in [1.807, 2.05) is 44.2 Å². The maximum Gasteiger partial charge on any atom is 0.328 e. The number of anilines is 1. The molecule has 11 heteroatoms. The van der Waals surface area contributed by atoms with E-state index in [1.165, 1.54) is 6.07 Å². The molecule has 2 aromatic heterocycles. The minimum Gasteiger partial charge on any atom is -0.337 e. The highest BCUT2D eigenvalue weighted by atomic mass is 32.2. The molecule has 45 heavy (non-hydrogen) atoms. The summed E-state index contributed by atoms with van der Waals surface area (Å²) in [5, 5.41) is 5.59. The third-order valence-electron chi connectivity index (χ3n) is 7.60. The second-order valence-electron chi connectivity index (χ2n) is 11.2. The smallest absolute Gasteiger partial charge is 0.328 e. The molecule has 0 bridgehead atoms. The van der Waals surface area contributed by atoms with Gasteiger partial charge in [-0.05, 0) is 49.4 Å². The van der Waals surface area contributed by atoms with Crippen LogP contribution in [-0.2, 0) is 27.8 Å². The number of carbonyl (C=O) groups is 2. The summed E-state index contributed by atoms with van der Waals surface area (Å²) in [6.07, 6.45) is 6.73. The van der Waals surface area contributed by atoms with Gasteiger partial charge in [0.25, 0.3) is 10.0 Å². The zero-order chi connectivity index (χ0) is 32.4. The summed E-state index contributed by atoms with van der Waals surface area (Å²) in [6, 6.07) is 15.5. The van der Waals surface area contributed by atoms with Crippen LogP contribution in [0.1, 0.15) is 82.8 Å². The maximum absolute atomic E-state index is 13.1. The van der Waals surface area contributed by atoms with Crippen LogP contribution in [0.25, 0.3) is 22.3 Å². The summed E-state index contributed by atoms with van der Waals surface area (Å²) in [5.74, 6) is 0.907. The SMILES string of the molecule is CCCCNC(=O)NS(=O)(=O)c1ccccc1-c1ccc(Cn2c(CCCC)nc3cc(NC(=O)CCCC)c(C)nc32)cc1. The van der Waals surface area contributed by atoms with Crippen molar-refractivity contribution in [3.63, 3.8) is 0 Å². The van der Waals surface area contributed by atoms with E-state index in [2.05, 4.69) is 33.8 Å². The number of amides is 3. The molecular formula is C34H44N6O4S. The van der Waals surface area contributed by atoms with E-state index in [1.54, 1.807) is 18.2 Å². The van der Waals surface area contributed by atoms with E-state index >= 15 is 0 Å². The minimum atomic E-state index is -4.09. The number of hydrogen-bond donors (Lipinski definition) is 3. The van der Waals surface area contributed by atoms with Crippen molar-refractivity contribution in [3.05, 3.63) is 71.7 Å². The van der Waals surface area contributed by atoms with Gasteiger partial charge in [-0.25, -0.2) is 27.9 Å². The summed E-state index contributed by atoms with van der Waals surface area (Å²) in [4.78, 5) is 34.4. The lowest BCUT2D eigenvalue weighted by Gasteiger charge is -2.14. The van der Waals surface area contributed by atoms with Crippen molar-refractivity contribution in [1.29, 1.82) is 0 Å². The molecule has 2 aromatic carbocycles. The lowest BCUT2D eigenvalue weighted by molar-refractivity contribution is -0.116. The highest BCUT2D eigenvalue weighted by Crippen LogP contribution is 2.29. The Morgan fingerprint density at radius 3 is 2.31 bits per heavy atom. The van der Waals surface area contributed by atoms with Crippen LogP contribution in [0.5, 0.6) is 0 Å². The van der Waals surface area contributed by atoms with Gasteiger partial charge < -0.3 is 15.2 Å². The zero-order valence-corrected chi connectivity index (χ0v) is 27.5. The topological polar surface area (TPSA) is 135 Å². The molecule has 0 spiro atoms. The van der Waals surface area contributed by atoms with E-state index in [4.69, 9.17) is 9.97 Å². The van der Waals surface area contributed by atoms with Crippen molar-refractivity contribution in [2.45, 2.75) is 90.5 Å². The summed E-state index contributed by atoms with van der Waals surface area (Å²) < 4.78 is 30.5. The van der Waals surface area contributed by atoms with Crippen LogP contribution < -0.4 is 15.4 Å². The van der Waals surface area contributed by atoms with E-state index in [9.17, 15) is 18.0 Å². The van der Waals surface area contributed by atoms with Crippen LogP contribution in [0.4, 0.5) is 10.5 Å². The third-order valence-corrected chi connectivity index (χ3v) is 8.99. The number of nitrogens with zero attached hydrogens (tertiary/aromatic N) is 3. The molecule has 0 aliphatic heterocycles. The van der Waals surface area contributed by atoms with E-state index in [0.29, 0.717) is 36.3 Å². The van der Waals surface area contributed by atoms with Gasteiger partial charge in [-0.3, -0.25) is 4.79 Å². The van der Waals surface area contributed by atoms with Gasteiger partial charge in [0.15, 0.2) is 5.65 Å². The maximum atomic E-state index is 13.1. The molecular weight excluding hydrogens is 588 g/mol. The molecule has 0 saturated carbocycles. The largest absolute Gasteiger partial charge is 0.337 e. The summed E-state index contributed by atoms with van der Waals surface area (Å²) in [7, 11) is -4.09. The lowest BCUT2D eigenvalue weighted by atomic mass is 10.0. The van der Waals surface area contributed by atoms with Gasteiger partial charge in [-0.2, -0.15) is 0 Å². The van der Waals surface area contributed by atoms with Crippen molar-refractivity contribution in [1.82, 2.24) is 24.6 Å². The predicted octanol–water partition coefficient (Wildman–Crippen LogP) is 6.71. The van der Waals surface area contributed by atoms with Crippen LogP contribution in [0.15, 0.2) is 59.5 Å². The molecule has 0 radical (unpaired) electrons. The number of urea groups is 1. The van der Waals surface area contributed by atoms with Gasteiger partial charge in [-0.1, -0.05) is 82.5 Å². The number of imidazole rings is 1. The number of hydrogen-bond acceptors (Lipinski definition) is 6. The summed E-state index contributed by atoms with van der Waals surface area (Å²) in [5.41, 5.74) is 5.12. The van der Waals surface area contributed by atoms with Crippen LogP contribution in [0.3, 0.4) is 0 Å². The standard InChI is InChI=1S/C34H44N6O4S/c1-5-8-15-31-37-29-22-28(38-32(41)16-9-6-2)24(4)36-33(29)40(31)23-25-17-19-26(20-18-25)27-13-11-12-14-30(27)45(43,44)39-34(42)35-21-10-7-3/h11-14,17-20,22H,5-10,15-16,21,23H2,1-4H3,(H,38,41)(H2,35,39,42). The number of sulfonamides is 1. The molecule has 0 unspecified atom stereocenters. The molecule has 4 rings (SSSR count). The van der Waals surface area contributed by atoms with Gasteiger partial charge in [0.05, 0.1) is 22.8 Å². The molecule has 0 aliphatic carbocycles. The van der Waals surface area contributed by atoms with Gasteiger partial charge in [0, 0.05) is 24.9 Å². The van der Waals surface area contributed by atoms with Gasteiger partial charge in [0.2, 0.25) is 5.91 Å². The van der Waals surface area contributed by atoms with Crippen LogP contribution in [-0.4, -0.2) is 41.4 Å². The van der Waals surface area contributed by atoms with Crippen molar-refractivity contribution < 1.29 is 18.0 Å². The van der Waals surface area contributed by atoms with Crippen molar-refractivity contribution in [2.24, 2.45) is 0 Å². The lowest BCUT2D eigenvalue weighted by Crippen LogP contribution is -2.39. The molecule has 3 amide bonds. The van der Waals surface area contributed by atoms with Crippen molar-refractivity contribution in [3.8, 4) is 11.1 Å². The Morgan fingerprint density at radius 1 is 0.889 bits per heavy atom. The Kier molecular flexibility index (Phi) is 11.7. The number of pyridine rings is 1. The average molecular weight is 633 g/mol. The van der Waals surface area contributed by atoms with E-state index in [0.717, 1.165) is 73.2 Å². The Hall–Kier alpha value is -4.25. The molecule has 240 valence electrons. The highest BCUT2D eigenvalue weighted by molar-refractivity contribution is 7.90. The number of aryl methyl sites for hydroxylation is 2. The van der Waals surface area contributed by atoms with Crippen molar-refractivity contribution in [2.75, 3.05) is 11.9 Å². The van der Waals surface area contributed by atoms with Crippen LogP contribution in [0, 0.1) is 6.92 Å². The summed E-state index contributed by atoms with van der Waals surface area (Å²) >= 11 is 0. The molecule has 0 fully saturated rings. The molecule has 0 aliphatic rings. The summed E-state index contributed by atoms with van der Waals surface area (Å²) in [6.45, 7) is 9.02. The third kappa shape index (κ3) is 8.69. The first kappa shape index (κ1) is 33.6. The van der Waals surface area contributed by atoms with Crippen molar-refractivity contribution >= 4 is 38.8 Å². The Balaban J connectivity index is 1.60. The van der Waals surface area contributed by atoms with Gasteiger partial charge in [0.1, 0.15) is 11.3 Å². The highest BCUT2D eigenvalue weighted by Gasteiger charge is 2.22. The predicted molar refractivity (Wildman–Crippen MR) is 179 cm³/mol. The number of unbranched alkanes of at least 4 members (excludes halogenated alkanes) is 3. The normalized spacial score (nSPS) is 11.5. The number of rotatable bonds is 15. The average Bonchev–Trinajstić information content (AvgIpc) is 3.34.